The first kappa shape index (κ1) is 12.7. The molecule has 1 aromatic rings. The molecule has 0 radical (unpaired) electrons. The maximum Gasteiger partial charge on any atom is 0.224 e. The third-order valence-electron chi connectivity index (χ3n) is 4.69. The molecular weight excluding hydrogens is 236 g/mol. The summed E-state index contributed by atoms with van der Waals surface area (Å²) >= 11 is 0. The van der Waals surface area contributed by atoms with Crippen molar-refractivity contribution in [2.45, 2.75) is 37.5 Å². The molecular formula is C16H22N2O. The van der Waals surface area contributed by atoms with Crippen LogP contribution in [0.25, 0.3) is 0 Å². The number of hydrogen-bond acceptors (Lipinski definition) is 2. The fourth-order valence-electron chi connectivity index (χ4n) is 3.61. The van der Waals surface area contributed by atoms with Crippen molar-refractivity contribution in [3.8, 4) is 0 Å². The van der Waals surface area contributed by atoms with Crippen LogP contribution in [0, 0.1) is 5.92 Å². The summed E-state index contributed by atoms with van der Waals surface area (Å²) in [6.45, 7) is 1.35. The van der Waals surface area contributed by atoms with Gasteiger partial charge in [0.05, 0.1) is 0 Å². The summed E-state index contributed by atoms with van der Waals surface area (Å²) in [6, 6.07) is 8.66. The van der Waals surface area contributed by atoms with Gasteiger partial charge in [-0.25, -0.2) is 0 Å². The van der Waals surface area contributed by atoms with Gasteiger partial charge < -0.3 is 11.1 Å². The first-order valence-corrected chi connectivity index (χ1v) is 7.34. The van der Waals surface area contributed by atoms with E-state index in [1.165, 1.54) is 30.4 Å². The first-order chi connectivity index (χ1) is 9.28. The number of carbonyl (C=O) groups is 1. The highest BCUT2D eigenvalue weighted by atomic mass is 16.2. The van der Waals surface area contributed by atoms with Gasteiger partial charge in [-0.2, -0.15) is 0 Å². The molecule has 1 fully saturated rings. The second kappa shape index (κ2) is 4.97. The van der Waals surface area contributed by atoms with Gasteiger partial charge in [0.1, 0.15) is 0 Å². The molecule has 3 rings (SSSR count). The van der Waals surface area contributed by atoms with Crippen LogP contribution in [0.1, 0.15) is 36.8 Å². The second-order valence-electron chi connectivity index (χ2n) is 5.86. The molecule has 0 aliphatic heterocycles. The first-order valence-electron chi connectivity index (χ1n) is 7.34. The van der Waals surface area contributed by atoms with Crippen LogP contribution in [0.2, 0.25) is 0 Å². The number of nitrogens with one attached hydrogen (secondary N) is 1. The predicted octanol–water partition coefficient (Wildman–Crippen LogP) is 1.75. The summed E-state index contributed by atoms with van der Waals surface area (Å²) in [4.78, 5) is 12.2. The summed E-state index contributed by atoms with van der Waals surface area (Å²) in [5, 5.41) is 3.03. The van der Waals surface area contributed by atoms with E-state index in [9.17, 15) is 4.79 Å². The normalized spacial score (nSPS) is 27.9. The fraction of sp³-hybridized carbons (Fsp3) is 0.562. The van der Waals surface area contributed by atoms with E-state index in [4.69, 9.17) is 5.73 Å². The number of nitrogens with two attached hydrogens (primary N) is 1. The molecule has 102 valence electrons. The Morgan fingerprint density at radius 1 is 1.42 bits per heavy atom. The van der Waals surface area contributed by atoms with Crippen LogP contribution in [0.5, 0.6) is 0 Å². The van der Waals surface area contributed by atoms with E-state index in [2.05, 4.69) is 29.6 Å². The highest BCUT2D eigenvalue weighted by Gasteiger charge is 2.59. The zero-order valence-electron chi connectivity index (χ0n) is 11.3. The zero-order chi connectivity index (χ0) is 13.3. The number of fused-ring (bicyclic) bond motifs is 2. The molecule has 3 nitrogen and oxygen atoms in total. The van der Waals surface area contributed by atoms with Crippen molar-refractivity contribution in [2.75, 3.05) is 13.1 Å². The molecule has 3 N–H and O–H groups in total. The minimum absolute atomic E-state index is 0.154. The van der Waals surface area contributed by atoms with Crippen molar-refractivity contribution >= 4 is 5.91 Å². The second-order valence-corrected chi connectivity index (χ2v) is 5.86. The third kappa shape index (κ3) is 2.16. The monoisotopic (exact) mass is 258 g/mol. The van der Waals surface area contributed by atoms with E-state index >= 15 is 0 Å². The lowest BCUT2D eigenvalue weighted by molar-refractivity contribution is -0.122. The maximum absolute atomic E-state index is 12.2. The topological polar surface area (TPSA) is 55.1 Å². The molecule has 19 heavy (non-hydrogen) atoms. The summed E-state index contributed by atoms with van der Waals surface area (Å²) in [7, 11) is 0. The van der Waals surface area contributed by atoms with Crippen molar-refractivity contribution in [3.63, 3.8) is 0 Å². The number of aryl methyl sites for hydroxylation is 1. The molecule has 0 heterocycles. The van der Waals surface area contributed by atoms with Gasteiger partial charge >= 0.3 is 0 Å². The largest absolute Gasteiger partial charge is 0.356 e. The average Bonchev–Trinajstić information content (AvgIpc) is 3.15. The van der Waals surface area contributed by atoms with Crippen molar-refractivity contribution < 1.29 is 4.79 Å². The Bertz CT molecular complexity index is 485. The molecule has 0 saturated heterocycles. The Labute approximate surface area is 114 Å². The minimum Gasteiger partial charge on any atom is -0.356 e. The molecule has 1 saturated carbocycles. The van der Waals surface area contributed by atoms with Crippen molar-refractivity contribution in [2.24, 2.45) is 11.7 Å². The standard InChI is InChI=1S/C16H22N2O/c17-9-4-10-18-15(19)14-11-16(14)8-3-6-12-5-1-2-7-13(12)16/h1-2,5,7,14H,3-4,6,8-11,17H2,(H,18,19). The van der Waals surface area contributed by atoms with Crippen LogP contribution >= 0.6 is 0 Å². The molecule has 2 unspecified atom stereocenters. The summed E-state index contributed by atoms with van der Waals surface area (Å²) < 4.78 is 0. The number of carbonyl (C=O) groups excluding carboxylic acids is 1. The van der Waals surface area contributed by atoms with Crippen molar-refractivity contribution in [1.82, 2.24) is 5.32 Å². The predicted molar refractivity (Wildman–Crippen MR) is 75.8 cm³/mol. The van der Waals surface area contributed by atoms with E-state index in [1.807, 2.05) is 0 Å². The Hall–Kier alpha value is -1.35. The molecule has 2 atom stereocenters. The Balaban J connectivity index is 1.72. The van der Waals surface area contributed by atoms with Crippen LogP contribution in [0.3, 0.4) is 0 Å². The van der Waals surface area contributed by atoms with Gasteiger partial charge in [0.15, 0.2) is 0 Å². The zero-order valence-corrected chi connectivity index (χ0v) is 11.3. The summed E-state index contributed by atoms with van der Waals surface area (Å²) in [5.74, 6) is 0.414. The van der Waals surface area contributed by atoms with Crippen LogP contribution in [-0.2, 0) is 16.6 Å². The van der Waals surface area contributed by atoms with Gasteiger partial charge in [-0.05, 0) is 49.8 Å². The van der Waals surface area contributed by atoms with Gasteiger partial charge in [-0.3, -0.25) is 4.79 Å². The van der Waals surface area contributed by atoms with E-state index in [0.717, 1.165) is 12.8 Å². The molecule has 1 aromatic carbocycles. The van der Waals surface area contributed by atoms with Gasteiger partial charge in [0.25, 0.3) is 0 Å². The Morgan fingerprint density at radius 2 is 2.26 bits per heavy atom. The maximum atomic E-state index is 12.2. The minimum atomic E-state index is 0.154. The van der Waals surface area contributed by atoms with Crippen LogP contribution in [0.15, 0.2) is 24.3 Å². The lowest BCUT2D eigenvalue weighted by Gasteiger charge is -2.26. The average molecular weight is 258 g/mol. The van der Waals surface area contributed by atoms with Crippen LogP contribution in [-0.4, -0.2) is 19.0 Å². The number of amides is 1. The lowest BCUT2D eigenvalue weighted by Crippen LogP contribution is -2.31. The van der Waals surface area contributed by atoms with Crippen molar-refractivity contribution in [3.05, 3.63) is 35.4 Å². The lowest BCUT2D eigenvalue weighted by atomic mass is 9.78. The molecule has 2 aliphatic rings. The number of rotatable bonds is 4. The molecule has 2 aliphatic carbocycles. The summed E-state index contributed by atoms with van der Waals surface area (Å²) in [6.07, 6.45) is 5.43. The quantitative estimate of drug-likeness (QED) is 0.808. The third-order valence-corrected chi connectivity index (χ3v) is 4.69. The van der Waals surface area contributed by atoms with E-state index < -0.39 is 0 Å². The van der Waals surface area contributed by atoms with E-state index in [1.54, 1.807) is 0 Å². The van der Waals surface area contributed by atoms with Crippen molar-refractivity contribution in [1.29, 1.82) is 0 Å². The van der Waals surface area contributed by atoms with Gasteiger partial charge in [0.2, 0.25) is 5.91 Å². The fourth-order valence-corrected chi connectivity index (χ4v) is 3.61. The molecule has 1 amide bonds. The highest BCUT2D eigenvalue weighted by Crippen LogP contribution is 2.60. The SMILES string of the molecule is NCCCNC(=O)C1CC12CCCc1ccccc12. The molecule has 1 spiro atoms. The summed E-state index contributed by atoms with van der Waals surface area (Å²) in [5.41, 5.74) is 8.49. The highest BCUT2D eigenvalue weighted by molar-refractivity contribution is 5.84. The van der Waals surface area contributed by atoms with Gasteiger partial charge in [0, 0.05) is 17.9 Å². The van der Waals surface area contributed by atoms with Crippen LogP contribution < -0.4 is 11.1 Å². The molecule has 0 bridgehead atoms. The Morgan fingerprint density at radius 3 is 3.11 bits per heavy atom. The molecule has 3 heteroatoms. The number of hydrogen-bond donors (Lipinski definition) is 2. The number of benzene rings is 1. The van der Waals surface area contributed by atoms with E-state index in [0.29, 0.717) is 13.1 Å². The Kier molecular flexibility index (Phi) is 3.31. The van der Waals surface area contributed by atoms with E-state index in [-0.39, 0.29) is 17.2 Å². The van der Waals surface area contributed by atoms with Crippen LogP contribution in [0.4, 0.5) is 0 Å². The molecule has 0 aromatic heterocycles. The van der Waals surface area contributed by atoms with Gasteiger partial charge in [-0.1, -0.05) is 24.3 Å². The smallest absolute Gasteiger partial charge is 0.224 e. The van der Waals surface area contributed by atoms with Gasteiger partial charge in [-0.15, -0.1) is 0 Å².